The first-order chi connectivity index (χ1) is 8.06. The molecule has 1 aliphatic rings. The lowest BCUT2D eigenvalue weighted by Crippen LogP contribution is -2.35. The molecule has 96 valence electrons. The first kappa shape index (κ1) is 14.4. The molecule has 17 heavy (non-hydrogen) atoms. The van der Waals surface area contributed by atoms with Crippen LogP contribution in [0.5, 0.6) is 0 Å². The van der Waals surface area contributed by atoms with E-state index in [1.807, 2.05) is 6.92 Å². The summed E-state index contributed by atoms with van der Waals surface area (Å²) in [6.45, 7) is 5.01. The van der Waals surface area contributed by atoms with Crippen LogP contribution in [0.3, 0.4) is 0 Å². The van der Waals surface area contributed by atoms with E-state index in [0.29, 0.717) is 23.8 Å². The summed E-state index contributed by atoms with van der Waals surface area (Å²) < 4.78 is 0.587. The zero-order valence-electron chi connectivity index (χ0n) is 10.2. The van der Waals surface area contributed by atoms with Gasteiger partial charge >= 0.3 is 0 Å². The SMILES string of the molecule is CCCCNC(=O)CCN1C(=O)C(C)SC1=S. The Morgan fingerprint density at radius 3 is 2.82 bits per heavy atom. The Morgan fingerprint density at radius 2 is 2.29 bits per heavy atom. The average molecular weight is 274 g/mol. The van der Waals surface area contributed by atoms with Crippen LogP contribution in [0.4, 0.5) is 0 Å². The van der Waals surface area contributed by atoms with Crippen LogP contribution < -0.4 is 5.32 Å². The zero-order chi connectivity index (χ0) is 12.8. The molecule has 1 saturated heterocycles. The number of thioether (sulfide) groups is 1. The van der Waals surface area contributed by atoms with Crippen LogP contribution in [0.15, 0.2) is 0 Å². The maximum Gasteiger partial charge on any atom is 0.241 e. The van der Waals surface area contributed by atoms with E-state index in [4.69, 9.17) is 12.2 Å². The zero-order valence-corrected chi connectivity index (χ0v) is 11.8. The van der Waals surface area contributed by atoms with Crippen molar-refractivity contribution in [2.24, 2.45) is 0 Å². The summed E-state index contributed by atoms with van der Waals surface area (Å²) in [5, 5.41) is 2.72. The second kappa shape index (κ2) is 6.96. The number of nitrogens with zero attached hydrogens (tertiary/aromatic N) is 1. The quantitative estimate of drug-likeness (QED) is 0.589. The van der Waals surface area contributed by atoms with Gasteiger partial charge in [-0.25, -0.2) is 0 Å². The highest BCUT2D eigenvalue weighted by Crippen LogP contribution is 2.26. The molecule has 1 rings (SSSR count). The standard InChI is InChI=1S/C11H18N2O2S2/c1-3-4-6-12-9(14)5-7-13-10(15)8(2)17-11(13)16/h8H,3-7H2,1-2H3,(H,12,14). The molecule has 0 aromatic rings. The van der Waals surface area contributed by atoms with Crippen LogP contribution in [0.25, 0.3) is 0 Å². The predicted octanol–water partition coefficient (Wildman–Crippen LogP) is 1.54. The first-order valence-corrected chi connectivity index (χ1v) is 7.13. The van der Waals surface area contributed by atoms with Crippen molar-refractivity contribution in [2.75, 3.05) is 13.1 Å². The summed E-state index contributed by atoms with van der Waals surface area (Å²) in [6.07, 6.45) is 2.37. The second-order valence-corrected chi connectivity index (χ2v) is 5.94. The fourth-order valence-electron chi connectivity index (χ4n) is 1.48. The maximum atomic E-state index is 11.7. The molecule has 1 fully saturated rings. The lowest BCUT2D eigenvalue weighted by molar-refractivity contribution is -0.126. The summed E-state index contributed by atoms with van der Waals surface area (Å²) in [5.74, 6) is -0.0000359. The molecular weight excluding hydrogens is 256 g/mol. The molecule has 0 aromatic carbocycles. The van der Waals surface area contributed by atoms with E-state index in [9.17, 15) is 9.59 Å². The van der Waals surface area contributed by atoms with Gasteiger partial charge in [-0.1, -0.05) is 37.3 Å². The number of unbranched alkanes of at least 4 members (excludes halogenated alkanes) is 1. The summed E-state index contributed by atoms with van der Waals surface area (Å²) >= 11 is 6.48. The van der Waals surface area contributed by atoms with Gasteiger partial charge in [-0.3, -0.25) is 14.5 Å². The van der Waals surface area contributed by atoms with Crippen molar-refractivity contribution in [3.05, 3.63) is 0 Å². The third-order valence-electron chi connectivity index (χ3n) is 2.53. The molecule has 1 unspecified atom stereocenters. The molecule has 0 aliphatic carbocycles. The van der Waals surface area contributed by atoms with E-state index >= 15 is 0 Å². The Balaban J connectivity index is 2.28. The van der Waals surface area contributed by atoms with Crippen LogP contribution in [-0.4, -0.2) is 39.4 Å². The van der Waals surface area contributed by atoms with Crippen LogP contribution in [0.1, 0.15) is 33.1 Å². The van der Waals surface area contributed by atoms with Gasteiger partial charge in [-0.05, 0) is 13.3 Å². The molecule has 2 amide bonds. The van der Waals surface area contributed by atoms with Crippen molar-refractivity contribution in [3.63, 3.8) is 0 Å². The van der Waals surface area contributed by atoms with Gasteiger partial charge in [0, 0.05) is 19.5 Å². The Morgan fingerprint density at radius 1 is 1.59 bits per heavy atom. The minimum Gasteiger partial charge on any atom is -0.356 e. The van der Waals surface area contributed by atoms with Crippen molar-refractivity contribution in [1.82, 2.24) is 10.2 Å². The van der Waals surface area contributed by atoms with Crippen LogP contribution in [0, 0.1) is 0 Å². The Kier molecular flexibility index (Phi) is 5.91. The molecule has 0 bridgehead atoms. The minimum absolute atomic E-state index is 0.0151. The Labute approximate surface area is 111 Å². The molecule has 1 heterocycles. The summed E-state index contributed by atoms with van der Waals surface area (Å²) in [4.78, 5) is 24.7. The topological polar surface area (TPSA) is 49.4 Å². The second-order valence-electron chi connectivity index (χ2n) is 3.97. The monoisotopic (exact) mass is 274 g/mol. The highest BCUT2D eigenvalue weighted by Gasteiger charge is 2.33. The third kappa shape index (κ3) is 4.27. The Hall–Kier alpha value is -0.620. The molecule has 1 N–H and O–H groups in total. The molecule has 1 aliphatic heterocycles. The van der Waals surface area contributed by atoms with E-state index in [0.717, 1.165) is 12.8 Å². The van der Waals surface area contributed by atoms with Gasteiger partial charge in [0.25, 0.3) is 0 Å². The van der Waals surface area contributed by atoms with Gasteiger partial charge in [0.05, 0.1) is 5.25 Å². The van der Waals surface area contributed by atoms with Crippen molar-refractivity contribution >= 4 is 40.1 Å². The number of rotatable bonds is 6. The fraction of sp³-hybridized carbons (Fsp3) is 0.727. The van der Waals surface area contributed by atoms with Crippen LogP contribution in [0.2, 0.25) is 0 Å². The minimum atomic E-state index is -0.106. The molecule has 0 spiro atoms. The normalized spacial score (nSPS) is 19.9. The molecule has 0 radical (unpaired) electrons. The molecule has 4 nitrogen and oxygen atoms in total. The predicted molar refractivity (Wildman–Crippen MR) is 73.9 cm³/mol. The summed E-state index contributed by atoms with van der Waals surface area (Å²) in [7, 11) is 0. The van der Waals surface area contributed by atoms with Crippen molar-refractivity contribution in [3.8, 4) is 0 Å². The number of carbonyl (C=O) groups excluding carboxylic acids is 2. The lowest BCUT2D eigenvalue weighted by atomic mass is 10.3. The van der Waals surface area contributed by atoms with Crippen molar-refractivity contribution < 1.29 is 9.59 Å². The van der Waals surface area contributed by atoms with Gasteiger partial charge in [0.1, 0.15) is 4.32 Å². The van der Waals surface area contributed by atoms with E-state index in [1.165, 1.54) is 16.7 Å². The third-order valence-corrected chi connectivity index (χ3v) is 4.01. The fourth-order valence-corrected chi connectivity index (χ4v) is 2.94. The van der Waals surface area contributed by atoms with Crippen LogP contribution >= 0.6 is 24.0 Å². The number of amides is 2. The highest BCUT2D eigenvalue weighted by molar-refractivity contribution is 8.24. The van der Waals surface area contributed by atoms with E-state index < -0.39 is 0 Å². The molecular formula is C11H18N2O2S2. The maximum absolute atomic E-state index is 11.7. The molecule has 1 atom stereocenters. The highest BCUT2D eigenvalue weighted by atomic mass is 32.2. The average Bonchev–Trinajstić information content (AvgIpc) is 2.51. The first-order valence-electron chi connectivity index (χ1n) is 5.85. The van der Waals surface area contributed by atoms with Gasteiger partial charge in [0.15, 0.2) is 0 Å². The van der Waals surface area contributed by atoms with E-state index in [1.54, 1.807) is 0 Å². The number of hydrogen-bond donors (Lipinski definition) is 1. The smallest absolute Gasteiger partial charge is 0.241 e. The number of carbonyl (C=O) groups is 2. The largest absolute Gasteiger partial charge is 0.356 e. The summed E-state index contributed by atoms with van der Waals surface area (Å²) in [6, 6.07) is 0. The number of hydrogen-bond acceptors (Lipinski definition) is 4. The van der Waals surface area contributed by atoms with Gasteiger partial charge in [-0.2, -0.15) is 0 Å². The number of thiocarbonyl (C=S) groups is 1. The molecule has 6 heteroatoms. The van der Waals surface area contributed by atoms with Crippen LogP contribution in [-0.2, 0) is 9.59 Å². The van der Waals surface area contributed by atoms with Gasteiger partial charge in [0.2, 0.25) is 11.8 Å². The van der Waals surface area contributed by atoms with Crippen molar-refractivity contribution in [1.29, 1.82) is 0 Å². The molecule has 0 aromatic heterocycles. The lowest BCUT2D eigenvalue weighted by Gasteiger charge is -2.14. The summed E-state index contributed by atoms with van der Waals surface area (Å²) in [5.41, 5.74) is 0. The van der Waals surface area contributed by atoms with Gasteiger partial charge < -0.3 is 5.32 Å². The van der Waals surface area contributed by atoms with E-state index in [-0.39, 0.29) is 17.1 Å². The van der Waals surface area contributed by atoms with Crippen molar-refractivity contribution in [2.45, 2.75) is 38.4 Å². The number of nitrogens with one attached hydrogen (secondary N) is 1. The molecule has 0 saturated carbocycles. The van der Waals surface area contributed by atoms with Gasteiger partial charge in [-0.15, -0.1) is 0 Å². The van der Waals surface area contributed by atoms with E-state index in [2.05, 4.69) is 12.2 Å². The Bertz CT molecular complexity index is 321.